The number of nitrogens with zero attached hydrogens (tertiary/aromatic N) is 5. The van der Waals surface area contributed by atoms with Crippen LogP contribution in [-0.4, -0.2) is 72.5 Å². The molecule has 1 N–H and O–H groups in total. The largest absolute Gasteiger partial charge is 0.317 e. The first-order chi connectivity index (χ1) is 28.4. The number of likely N-dealkylation sites (tertiary alicyclic amines) is 1. The minimum atomic E-state index is -0.122. The fourth-order valence-corrected chi connectivity index (χ4v) is 9.99. The minimum absolute atomic E-state index is 0.0159. The van der Waals surface area contributed by atoms with Gasteiger partial charge in [0.1, 0.15) is 10.3 Å². The topological polar surface area (TPSA) is 81.7 Å². The van der Waals surface area contributed by atoms with Crippen LogP contribution in [0.1, 0.15) is 63.1 Å². The molecule has 304 valence electrons. The number of halogens is 6. The molecule has 4 aliphatic heterocycles. The van der Waals surface area contributed by atoms with Crippen LogP contribution in [0.5, 0.6) is 0 Å². The van der Waals surface area contributed by atoms with Crippen LogP contribution in [0.15, 0.2) is 97.3 Å². The van der Waals surface area contributed by atoms with E-state index in [1.807, 2.05) is 64.4 Å². The van der Waals surface area contributed by atoms with Gasteiger partial charge in [-0.25, -0.2) is 9.97 Å². The molecule has 4 aliphatic rings. The Morgan fingerprint density at radius 3 is 1.71 bits per heavy atom. The van der Waals surface area contributed by atoms with Crippen LogP contribution in [-0.2, 0) is 10.8 Å². The van der Waals surface area contributed by atoms with Gasteiger partial charge in [0.25, 0.3) is 11.8 Å². The highest BCUT2D eigenvalue weighted by Gasteiger charge is 2.47. The van der Waals surface area contributed by atoms with Crippen molar-refractivity contribution in [1.82, 2.24) is 20.2 Å². The number of amides is 2. The van der Waals surface area contributed by atoms with Crippen molar-refractivity contribution in [3.8, 4) is 0 Å². The summed E-state index contributed by atoms with van der Waals surface area (Å²) in [7, 11) is 0. The average molecular weight is 910 g/mol. The number of piperidine rings is 2. The Balaban J connectivity index is 0.000000176. The molecule has 0 saturated carbocycles. The summed E-state index contributed by atoms with van der Waals surface area (Å²) < 4.78 is 0. The van der Waals surface area contributed by atoms with E-state index < -0.39 is 0 Å². The maximum Gasteiger partial charge on any atom is 0.258 e. The van der Waals surface area contributed by atoms with Gasteiger partial charge in [-0.1, -0.05) is 93.9 Å². The zero-order chi connectivity index (χ0) is 41.3. The predicted molar refractivity (Wildman–Crippen MR) is 241 cm³/mol. The first kappa shape index (κ1) is 42.0. The molecule has 5 aromatic rings. The van der Waals surface area contributed by atoms with E-state index in [9.17, 15) is 9.59 Å². The lowest BCUT2D eigenvalue weighted by molar-refractivity contribution is 0.0972. The maximum atomic E-state index is 13.4. The summed E-state index contributed by atoms with van der Waals surface area (Å²) in [5.41, 5.74) is 6.09. The quantitative estimate of drug-likeness (QED) is 0.177. The standard InChI is InChI=1S/C27H23Cl4N3O.C18H17Cl2N3O/c28-20-6-7-23-21(16-20)27(17-34(23)26(35)19-8-11-32-24(30)15-19)9-13-33(14-10-27)12-2-4-18-3-1-5-22(29)25(18)31;19-13-1-2-15-14(10-13)18(4-7-21-8-5-18)11-23(15)17(24)12-3-6-22-16(20)9-12/h1-8,11,15-16H,9-10,12-14,17H2;1-3,6,9-10,21H,4-5,7-8,11H2. The third-order valence-electron chi connectivity index (χ3n) is 12.0. The molecule has 6 heterocycles. The summed E-state index contributed by atoms with van der Waals surface area (Å²) in [6.45, 7) is 5.88. The molecule has 2 amide bonds. The second-order valence-corrected chi connectivity index (χ2v) is 17.9. The van der Waals surface area contributed by atoms with Crippen LogP contribution < -0.4 is 15.1 Å². The molecule has 0 aliphatic carbocycles. The Morgan fingerprint density at radius 1 is 0.661 bits per heavy atom. The third kappa shape index (κ3) is 8.75. The molecule has 0 unspecified atom stereocenters. The van der Waals surface area contributed by atoms with Gasteiger partial charge >= 0.3 is 0 Å². The lowest BCUT2D eigenvalue weighted by Gasteiger charge is -2.39. The lowest BCUT2D eigenvalue weighted by Crippen LogP contribution is -2.46. The number of hydrogen-bond acceptors (Lipinski definition) is 6. The van der Waals surface area contributed by atoms with Crippen molar-refractivity contribution in [2.45, 2.75) is 36.5 Å². The molecule has 0 atom stereocenters. The van der Waals surface area contributed by atoms with Crippen molar-refractivity contribution in [3.05, 3.63) is 156 Å². The Kier molecular flexibility index (Phi) is 12.6. The molecule has 0 radical (unpaired) electrons. The average Bonchev–Trinajstić information content (AvgIpc) is 3.71. The normalized spacial score (nSPS) is 17.9. The van der Waals surface area contributed by atoms with E-state index in [1.165, 1.54) is 5.56 Å². The van der Waals surface area contributed by atoms with E-state index in [0.717, 1.165) is 80.9 Å². The van der Waals surface area contributed by atoms with Gasteiger partial charge in [-0.2, -0.15) is 0 Å². The van der Waals surface area contributed by atoms with Crippen LogP contribution in [0.2, 0.25) is 30.4 Å². The summed E-state index contributed by atoms with van der Waals surface area (Å²) >= 11 is 37.1. The molecule has 3 aromatic carbocycles. The Bertz CT molecular complexity index is 2430. The first-order valence-corrected chi connectivity index (χ1v) is 21.7. The number of nitrogens with one attached hydrogen (secondary N) is 1. The number of fused-ring (bicyclic) bond motifs is 4. The monoisotopic (exact) mass is 906 g/mol. The van der Waals surface area contributed by atoms with Gasteiger partial charge < -0.3 is 15.1 Å². The molecule has 59 heavy (non-hydrogen) atoms. The molecular formula is C45H40Cl6N6O2. The number of benzene rings is 3. The molecule has 8 nitrogen and oxygen atoms in total. The Hall–Kier alpha value is -3.70. The number of aromatic nitrogens is 2. The van der Waals surface area contributed by atoms with Gasteiger partial charge in [0.2, 0.25) is 0 Å². The molecule has 2 spiro atoms. The van der Waals surface area contributed by atoms with Crippen LogP contribution in [0.25, 0.3) is 6.08 Å². The summed E-state index contributed by atoms with van der Waals surface area (Å²) in [5, 5.41) is 6.57. The molecule has 2 saturated heterocycles. The Morgan fingerprint density at radius 2 is 1.19 bits per heavy atom. The van der Waals surface area contributed by atoms with Crippen LogP contribution in [0.3, 0.4) is 0 Å². The number of hydrogen-bond donors (Lipinski definition) is 1. The molecule has 14 heteroatoms. The number of rotatable bonds is 5. The fourth-order valence-electron chi connectivity index (χ4n) is 8.93. The zero-order valence-corrected chi connectivity index (χ0v) is 36.4. The van der Waals surface area contributed by atoms with Gasteiger partial charge in [-0.05, 0) is 135 Å². The van der Waals surface area contributed by atoms with E-state index in [-0.39, 0.29) is 22.6 Å². The highest BCUT2D eigenvalue weighted by Crippen LogP contribution is 2.49. The summed E-state index contributed by atoms with van der Waals surface area (Å²) in [5.74, 6) is -0.114. The summed E-state index contributed by atoms with van der Waals surface area (Å²) in [6, 6.07) is 23.9. The van der Waals surface area contributed by atoms with Crippen LogP contribution >= 0.6 is 69.6 Å². The lowest BCUT2D eigenvalue weighted by atomic mass is 9.74. The van der Waals surface area contributed by atoms with Gasteiger partial charge in [-0.15, -0.1) is 0 Å². The van der Waals surface area contributed by atoms with Crippen LogP contribution in [0, 0.1) is 0 Å². The zero-order valence-electron chi connectivity index (χ0n) is 31.9. The van der Waals surface area contributed by atoms with E-state index >= 15 is 0 Å². The second-order valence-electron chi connectivity index (χ2n) is 15.5. The van der Waals surface area contributed by atoms with Crippen molar-refractivity contribution in [1.29, 1.82) is 0 Å². The van der Waals surface area contributed by atoms with Gasteiger partial charge in [0, 0.05) is 75.4 Å². The minimum Gasteiger partial charge on any atom is -0.317 e. The number of carbonyl (C=O) groups is 2. The summed E-state index contributed by atoms with van der Waals surface area (Å²) in [4.78, 5) is 40.6. The van der Waals surface area contributed by atoms with Gasteiger partial charge in [0.05, 0.1) is 10.0 Å². The smallest absolute Gasteiger partial charge is 0.258 e. The fraction of sp³-hybridized carbons (Fsp3) is 0.289. The van der Waals surface area contributed by atoms with E-state index in [1.54, 1.807) is 42.7 Å². The molecule has 2 aromatic heterocycles. The third-order valence-corrected chi connectivity index (χ3v) is 13.7. The van der Waals surface area contributed by atoms with Crippen molar-refractivity contribution >= 4 is 98.9 Å². The SMILES string of the molecule is O=C(c1ccnc(Cl)c1)N1CC2(CCN(CC=Cc3cccc(Cl)c3Cl)CC2)c2cc(Cl)ccc21.O=C(c1ccnc(Cl)c1)N1CC2(CCNCC2)c2cc(Cl)ccc21. The van der Waals surface area contributed by atoms with E-state index in [0.29, 0.717) is 54.6 Å². The van der Waals surface area contributed by atoms with E-state index in [2.05, 4.69) is 26.3 Å². The summed E-state index contributed by atoms with van der Waals surface area (Å²) in [6.07, 6.45) is 11.1. The van der Waals surface area contributed by atoms with Crippen molar-refractivity contribution in [3.63, 3.8) is 0 Å². The highest BCUT2D eigenvalue weighted by molar-refractivity contribution is 6.42. The van der Waals surface area contributed by atoms with Gasteiger partial charge in [0.15, 0.2) is 0 Å². The molecule has 9 rings (SSSR count). The van der Waals surface area contributed by atoms with Gasteiger partial charge in [-0.3, -0.25) is 14.5 Å². The maximum absolute atomic E-state index is 13.4. The van der Waals surface area contributed by atoms with Crippen molar-refractivity contribution < 1.29 is 9.59 Å². The first-order valence-electron chi connectivity index (χ1n) is 19.5. The highest BCUT2D eigenvalue weighted by atomic mass is 35.5. The predicted octanol–water partition coefficient (Wildman–Crippen LogP) is 11.1. The number of pyridine rings is 2. The number of carbonyl (C=O) groups excluding carboxylic acids is 2. The van der Waals surface area contributed by atoms with Crippen molar-refractivity contribution in [2.24, 2.45) is 0 Å². The Labute approximate surface area is 374 Å². The molecule has 2 fully saturated rings. The van der Waals surface area contributed by atoms with Crippen LogP contribution in [0.4, 0.5) is 11.4 Å². The molecular weight excluding hydrogens is 869 g/mol. The second kappa shape index (κ2) is 17.7. The van der Waals surface area contributed by atoms with Crippen molar-refractivity contribution in [2.75, 3.05) is 55.6 Å². The molecule has 0 bridgehead atoms. The van der Waals surface area contributed by atoms with E-state index in [4.69, 9.17) is 69.6 Å². The number of anilines is 2.